The summed E-state index contributed by atoms with van der Waals surface area (Å²) in [5, 5.41) is 0. The van der Waals surface area contributed by atoms with Crippen LogP contribution in [-0.4, -0.2) is 0 Å². The third-order valence-corrected chi connectivity index (χ3v) is 16.6. The molecule has 0 aliphatic rings. The molecule has 6 aromatic rings. The molecule has 0 heterocycles. The van der Waals surface area contributed by atoms with Crippen LogP contribution in [-0.2, 0) is 86.0 Å². The van der Waals surface area contributed by atoms with Crippen LogP contribution >= 0.6 is 0 Å². The third-order valence-electron chi connectivity index (χ3n) is 16.6. The number of hydrogen-bond donors (Lipinski definition) is 0. The smallest absolute Gasteiger partial charge is 0.194 e. The van der Waals surface area contributed by atoms with Gasteiger partial charge in [-0.05, 0) is 132 Å². The van der Waals surface area contributed by atoms with Gasteiger partial charge in [-0.15, -0.1) is 0 Å². The Kier molecular flexibility index (Phi) is 31.2. The molecule has 0 atom stereocenters. The Morgan fingerprint density at radius 1 is 0.155 bits per heavy atom. The number of rotatable bonds is 0. The van der Waals surface area contributed by atoms with Crippen molar-refractivity contribution in [3.63, 3.8) is 0 Å². The van der Waals surface area contributed by atoms with Gasteiger partial charge in [0.1, 0.15) is 0 Å². The topological polar surface area (TPSA) is 26.2 Å². The van der Waals surface area contributed by atoms with Crippen molar-refractivity contribution in [1.29, 1.82) is 0 Å². The van der Waals surface area contributed by atoms with Crippen molar-refractivity contribution in [3.8, 4) is 0 Å². The van der Waals surface area contributed by atoms with Gasteiger partial charge in [-0.25, -0.2) is 29.1 Å². The van der Waals surface area contributed by atoms with Crippen molar-refractivity contribution < 1.29 is 21.1 Å². The zero-order valence-corrected chi connectivity index (χ0v) is 69.5. The van der Waals surface area contributed by atoms with Crippen molar-refractivity contribution in [3.05, 3.63) is 244 Å². The molecule has 0 aliphatic carbocycles. The van der Waals surface area contributed by atoms with E-state index in [1.54, 1.807) is 0 Å². The van der Waals surface area contributed by atoms with Crippen molar-refractivity contribution >= 4 is 34.1 Å². The first-order valence-electron chi connectivity index (χ1n) is 34.1. The molecule has 0 amide bonds. The van der Waals surface area contributed by atoms with Gasteiger partial charge in [0.15, 0.2) is 34.1 Å². The van der Waals surface area contributed by atoms with E-state index in [-0.39, 0.29) is 86.0 Å². The summed E-state index contributed by atoms with van der Waals surface area (Å²) in [7, 11) is 0. The van der Waals surface area contributed by atoms with E-state index >= 15 is 0 Å². The fourth-order valence-electron chi connectivity index (χ4n) is 11.2. The number of para-hydroxylation sites is 6. The molecule has 0 bridgehead atoms. The Bertz CT molecular complexity index is 3010. The van der Waals surface area contributed by atoms with Crippen molar-refractivity contribution in [2.24, 2.45) is 0 Å². The van der Waals surface area contributed by atoms with Gasteiger partial charge in [0.25, 0.3) is 0 Å². The van der Waals surface area contributed by atoms with E-state index in [0.717, 1.165) is 101 Å². The van der Waals surface area contributed by atoms with Gasteiger partial charge in [-0.1, -0.05) is 358 Å². The minimum atomic E-state index is 0. The summed E-state index contributed by atoms with van der Waals surface area (Å²) in [6.45, 7) is 122. The Labute approximate surface area is 609 Å². The predicted molar refractivity (Wildman–Crippen MR) is 421 cm³/mol. The third kappa shape index (κ3) is 26.0. The molecule has 6 nitrogen and oxygen atoms in total. The summed E-state index contributed by atoms with van der Waals surface area (Å²) < 4.78 is 0. The monoisotopic (exact) mass is 1390 g/mol. The average molecular weight is 1390 g/mol. The maximum absolute atomic E-state index is 7.41. The van der Waals surface area contributed by atoms with E-state index in [1.807, 2.05) is 0 Å². The van der Waals surface area contributed by atoms with Crippen LogP contribution in [0.3, 0.4) is 0 Å². The standard InChI is InChI=1S/6C15H21N.Mo/c6*1-14(2,3)11-9-8-10-12(13(11)16-7)15(4,5)6;/h6*8-10H,1-6H3;. The average Bonchev–Trinajstić information content (AvgIpc) is 0.840. The van der Waals surface area contributed by atoms with Crippen molar-refractivity contribution in [1.82, 2.24) is 0 Å². The zero-order chi connectivity index (χ0) is 75.4. The molecule has 0 fully saturated rings. The normalized spacial score (nSPS) is 12.2. The summed E-state index contributed by atoms with van der Waals surface area (Å²) in [5.74, 6) is 0. The second kappa shape index (κ2) is 33.7. The quantitative estimate of drug-likeness (QED) is 0.107. The molecule has 0 N–H and O–H groups in total. The fourth-order valence-corrected chi connectivity index (χ4v) is 11.2. The van der Waals surface area contributed by atoms with Crippen LogP contribution in [0.1, 0.15) is 316 Å². The van der Waals surface area contributed by atoms with Gasteiger partial charge >= 0.3 is 0 Å². The number of benzene rings is 6. The molecule has 0 spiro atoms. The molecule has 0 unspecified atom stereocenters. The van der Waals surface area contributed by atoms with E-state index < -0.39 is 0 Å². The molecular weight excluding hydrogens is 1260 g/mol. The first kappa shape index (κ1) is 89.9. The minimum absolute atomic E-state index is 0. The van der Waals surface area contributed by atoms with Crippen LogP contribution in [0, 0.1) is 39.4 Å². The molecule has 6 aromatic carbocycles. The van der Waals surface area contributed by atoms with Crippen molar-refractivity contribution in [2.75, 3.05) is 0 Å². The first-order valence-corrected chi connectivity index (χ1v) is 34.1. The van der Waals surface area contributed by atoms with E-state index in [4.69, 9.17) is 39.4 Å². The Balaban J connectivity index is 0.00000114. The maximum Gasteiger partial charge on any atom is 0.194 e. The number of hydrogen-bond acceptors (Lipinski definition) is 0. The minimum Gasteiger partial charge on any atom is -0.238 e. The van der Waals surface area contributed by atoms with Crippen LogP contribution in [0.25, 0.3) is 29.1 Å². The molecule has 522 valence electrons. The van der Waals surface area contributed by atoms with Gasteiger partial charge < -0.3 is 0 Å². The largest absolute Gasteiger partial charge is 0.238 e. The van der Waals surface area contributed by atoms with Crippen molar-refractivity contribution in [2.45, 2.75) is 314 Å². The molecule has 97 heavy (non-hydrogen) atoms. The number of nitrogens with zero attached hydrogens (tertiary/aromatic N) is 6. The van der Waals surface area contributed by atoms with Gasteiger partial charge in [0.05, 0.1) is 39.4 Å². The molecule has 0 saturated carbocycles. The van der Waals surface area contributed by atoms with E-state index in [1.165, 1.54) is 0 Å². The molecule has 6 rings (SSSR count). The van der Waals surface area contributed by atoms with Crippen LogP contribution in [0.2, 0.25) is 0 Å². The summed E-state index contributed by atoms with van der Waals surface area (Å²) >= 11 is 0. The second-order valence-corrected chi connectivity index (χ2v) is 37.9. The van der Waals surface area contributed by atoms with Gasteiger partial charge in [0.2, 0.25) is 0 Å². The van der Waals surface area contributed by atoms with Gasteiger partial charge in [-0.2, -0.15) is 0 Å². The SMILES string of the molecule is [C-]#[N+]c1c(C(C)(C)C)cccc1C(C)(C)C.[C-]#[N+]c1c(C(C)(C)C)cccc1C(C)(C)C.[C-]#[N+]c1c(C(C)(C)C)cccc1C(C)(C)C.[C-]#[N+]c1c(C(C)(C)C)cccc1C(C)(C)C.[C-]#[N+]c1c(C(C)(C)C)cccc1C(C)(C)C.[C-]#[N+]c1c(C(C)(C)C)cccc1C(C)(C)C.[Mo]. The van der Waals surface area contributed by atoms with Crippen LogP contribution < -0.4 is 0 Å². The Morgan fingerprint density at radius 3 is 0.258 bits per heavy atom. The first-order chi connectivity index (χ1) is 43.1. The second-order valence-electron chi connectivity index (χ2n) is 37.9. The summed E-state index contributed by atoms with van der Waals surface area (Å²) in [6.07, 6.45) is 0. The molecule has 0 aromatic heterocycles. The van der Waals surface area contributed by atoms with E-state index in [0.29, 0.717) is 0 Å². The van der Waals surface area contributed by atoms with Crippen LogP contribution in [0.4, 0.5) is 34.1 Å². The fraction of sp³-hybridized carbons (Fsp3) is 0.533. The van der Waals surface area contributed by atoms with Crippen LogP contribution in [0.5, 0.6) is 0 Å². The van der Waals surface area contributed by atoms with Gasteiger partial charge in [-0.3, -0.25) is 0 Å². The molecule has 7 heteroatoms. The molecule has 0 aliphatic heterocycles. The van der Waals surface area contributed by atoms with Crippen LogP contribution in [0.15, 0.2) is 109 Å². The van der Waals surface area contributed by atoms with Gasteiger partial charge in [0, 0.05) is 21.1 Å². The zero-order valence-electron chi connectivity index (χ0n) is 67.5. The summed E-state index contributed by atoms with van der Waals surface area (Å²) in [6, 6.07) is 37.3. The predicted octanol–water partition coefficient (Wildman–Crippen LogP) is 29.0. The van der Waals surface area contributed by atoms with E-state index in [2.05, 4.69) is 388 Å². The van der Waals surface area contributed by atoms with E-state index in [9.17, 15) is 0 Å². The molecule has 0 saturated heterocycles. The molecule has 0 radical (unpaired) electrons. The summed E-state index contributed by atoms with van der Waals surface area (Å²) in [4.78, 5) is 22.5. The summed E-state index contributed by atoms with van der Waals surface area (Å²) in [5.41, 5.74) is 19.1. The Morgan fingerprint density at radius 2 is 0.216 bits per heavy atom. The Hall–Kier alpha value is -7.05. The molecular formula is C90H126MoN6. The maximum atomic E-state index is 7.41.